The summed E-state index contributed by atoms with van der Waals surface area (Å²) in [5, 5.41) is 6.42. The zero-order valence-corrected chi connectivity index (χ0v) is 11.8. The Hall–Kier alpha value is -2.30. The van der Waals surface area contributed by atoms with Crippen LogP contribution in [0.5, 0.6) is 0 Å². The van der Waals surface area contributed by atoms with E-state index < -0.39 is 0 Å². The Morgan fingerprint density at radius 2 is 1.75 bits per heavy atom. The molecule has 1 aromatic heterocycles. The van der Waals surface area contributed by atoms with Gasteiger partial charge in [-0.3, -0.25) is 0 Å². The number of aromatic nitrogens is 2. The van der Waals surface area contributed by atoms with E-state index in [0.29, 0.717) is 0 Å². The second kappa shape index (κ2) is 7.33. The Balaban J connectivity index is 1.81. The van der Waals surface area contributed by atoms with Gasteiger partial charge in [-0.1, -0.05) is 30.3 Å². The first kappa shape index (κ1) is 14.1. The van der Waals surface area contributed by atoms with E-state index in [-0.39, 0.29) is 5.95 Å². The maximum absolute atomic E-state index is 5.68. The van der Waals surface area contributed by atoms with Gasteiger partial charge in [-0.25, -0.2) is 0 Å². The highest BCUT2D eigenvalue weighted by atomic mass is 15.1. The Bertz CT molecular complexity index is 527. The fraction of sp³-hybridized carbons (Fsp3) is 0.333. The second-order valence-corrected chi connectivity index (χ2v) is 4.54. The highest BCUT2D eigenvalue weighted by molar-refractivity contribution is 5.50. The normalized spacial score (nSPS) is 10.2. The molecule has 0 atom stereocenters. The highest BCUT2D eigenvalue weighted by Gasteiger charge is 2.01. The van der Waals surface area contributed by atoms with Crippen molar-refractivity contribution in [2.24, 2.45) is 0 Å². The summed E-state index contributed by atoms with van der Waals surface area (Å²) < 4.78 is 0. The molecule has 106 valence electrons. The van der Waals surface area contributed by atoms with Crippen molar-refractivity contribution in [1.29, 1.82) is 0 Å². The largest absolute Gasteiger partial charge is 0.370 e. The molecule has 5 nitrogen and oxygen atoms in total. The number of hydrogen-bond acceptors (Lipinski definition) is 5. The molecule has 0 spiro atoms. The summed E-state index contributed by atoms with van der Waals surface area (Å²) in [7, 11) is 0. The highest BCUT2D eigenvalue weighted by Crippen LogP contribution is 2.12. The van der Waals surface area contributed by atoms with Crippen LogP contribution in [0, 0.1) is 0 Å². The molecule has 0 fully saturated rings. The smallest absolute Gasteiger partial charge is 0.223 e. The lowest BCUT2D eigenvalue weighted by Gasteiger charge is -2.09. The van der Waals surface area contributed by atoms with Gasteiger partial charge in [0.25, 0.3) is 0 Å². The van der Waals surface area contributed by atoms with Crippen molar-refractivity contribution in [3.8, 4) is 0 Å². The lowest BCUT2D eigenvalue weighted by Crippen LogP contribution is -2.09. The molecule has 2 rings (SSSR count). The molecule has 4 N–H and O–H groups in total. The number of anilines is 3. The van der Waals surface area contributed by atoms with Crippen molar-refractivity contribution in [3.63, 3.8) is 0 Å². The molecular weight excluding hydrogens is 250 g/mol. The number of rotatable bonds is 7. The molecule has 20 heavy (non-hydrogen) atoms. The third-order valence-corrected chi connectivity index (χ3v) is 2.89. The van der Waals surface area contributed by atoms with E-state index in [4.69, 9.17) is 5.73 Å². The van der Waals surface area contributed by atoms with Crippen LogP contribution in [0.3, 0.4) is 0 Å². The van der Waals surface area contributed by atoms with Crippen LogP contribution >= 0.6 is 0 Å². The van der Waals surface area contributed by atoms with E-state index in [1.165, 1.54) is 5.56 Å². The summed E-state index contributed by atoms with van der Waals surface area (Å²) in [5.41, 5.74) is 7.03. The predicted octanol–water partition coefficient (Wildman–Crippen LogP) is 2.54. The minimum atomic E-state index is 0.286. The van der Waals surface area contributed by atoms with Crippen LogP contribution in [-0.4, -0.2) is 23.1 Å². The minimum Gasteiger partial charge on any atom is -0.370 e. The van der Waals surface area contributed by atoms with Gasteiger partial charge in [-0.2, -0.15) is 9.97 Å². The lowest BCUT2D eigenvalue weighted by molar-refractivity contribution is 0.858. The fourth-order valence-electron chi connectivity index (χ4n) is 1.98. The second-order valence-electron chi connectivity index (χ2n) is 4.54. The van der Waals surface area contributed by atoms with Gasteiger partial charge in [0.15, 0.2) is 0 Å². The van der Waals surface area contributed by atoms with E-state index in [1.807, 2.05) is 19.1 Å². The minimum absolute atomic E-state index is 0.286. The molecular formula is C15H21N5. The molecule has 1 heterocycles. The Morgan fingerprint density at radius 1 is 1.05 bits per heavy atom. The molecule has 0 aliphatic carbocycles. The number of benzene rings is 1. The van der Waals surface area contributed by atoms with E-state index >= 15 is 0 Å². The average Bonchev–Trinajstić information content (AvgIpc) is 2.45. The molecule has 0 aliphatic heterocycles. The van der Waals surface area contributed by atoms with Gasteiger partial charge >= 0.3 is 0 Å². The number of nitrogens with zero attached hydrogens (tertiary/aromatic N) is 2. The van der Waals surface area contributed by atoms with Crippen LogP contribution in [0.25, 0.3) is 0 Å². The third kappa shape index (κ3) is 4.42. The molecule has 0 unspecified atom stereocenters. The fourth-order valence-corrected chi connectivity index (χ4v) is 1.98. The van der Waals surface area contributed by atoms with Crippen LogP contribution in [0.1, 0.15) is 18.9 Å². The summed E-state index contributed by atoms with van der Waals surface area (Å²) >= 11 is 0. The number of nitrogen functional groups attached to an aromatic ring is 1. The zero-order valence-electron chi connectivity index (χ0n) is 11.8. The first-order valence-electron chi connectivity index (χ1n) is 6.94. The van der Waals surface area contributed by atoms with Crippen LogP contribution in [-0.2, 0) is 6.42 Å². The standard InChI is InChI=1S/C15H21N5/c1-2-17-13-11-14(20-15(16)19-13)18-10-6-9-12-7-4-3-5-8-12/h3-5,7-8,11H,2,6,9-10H2,1H3,(H4,16,17,18,19,20). The number of hydrogen-bond donors (Lipinski definition) is 3. The molecule has 0 saturated heterocycles. The summed E-state index contributed by atoms with van der Waals surface area (Å²) in [6.45, 7) is 3.69. The predicted molar refractivity (Wildman–Crippen MR) is 83.9 cm³/mol. The molecule has 0 radical (unpaired) electrons. The van der Waals surface area contributed by atoms with Crippen LogP contribution in [0.2, 0.25) is 0 Å². The third-order valence-electron chi connectivity index (χ3n) is 2.89. The SMILES string of the molecule is CCNc1cc(NCCCc2ccccc2)nc(N)n1. The molecule has 1 aromatic carbocycles. The molecule has 0 saturated carbocycles. The van der Waals surface area contributed by atoms with Gasteiger partial charge in [0.2, 0.25) is 5.95 Å². The quantitative estimate of drug-likeness (QED) is 0.675. The summed E-state index contributed by atoms with van der Waals surface area (Å²) in [6.07, 6.45) is 2.10. The van der Waals surface area contributed by atoms with E-state index in [0.717, 1.165) is 37.6 Å². The summed E-state index contributed by atoms with van der Waals surface area (Å²) in [5.74, 6) is 1.81. The number of aryl methyl sites for hydroxylation is 1. The van der Waals surface area contributed by atoms with E-state index in [1.54, 1.807) is 0 Å². The van der Waals surface area contributed by atoms with Gasteiger partial charge < -0.3 is 16.4 Å². The van der Waals surface area contributed by atoms with Crippen LogP contribution in [0.4, 0.5) is 17.6 Å². The van der Waals surface area contributed by atoms with Crippen molar-refractivity contribution in [2.75, 3.05) is 29.5 Å². The molecule has 0 amide bonds. The zero-order chi connectivity index (χ0) is 14.2. The van der Waals surface area contributed by atoms with Gasteiger partial charge in [-0.15, -0.1) is 0 Å². The van der Waals surface area contributed by atoms with Gasteiger partial charge in [0, 0.05) is 19.2 Å². The molecule has 2 aromatic rings. The van der Waals surface area contributed by atoms with Crippen LogP contribution < -0.4 is 16.4 Å². The Kier molecular flexibility index (Phi) is 5.17. The average molecular weight is 271 g/mol. The first-order chi connectivity index (χ1) is 9.78. The van der Waals surface area contributed by atoms with E-state index in [9.17, 15) is 0 Å². The molecule has 5 heteroatoms. The number of nitrogens with one attached hydrogen (secondary N) is 2. The van der Waals surface area contributed by atoms with Gasteiger partial charge in [0.1, 0.15) is 11.6 Å². The number of nitrogens with two attached hydrogens (primary N) is 1. The summed E-state index contributed by atoms with van der Waals surface area (Å²) in [6, 6.07) is 12.3. The Labute approximate surface area is 119 Å². The van der Waals surface area contributed by atoms with E-state index in [2.05, 4.69) is 44.9 Å². The van der Waals surface area contributed by atoms with Gasteiger partial charge in [-0.05, 0) is 25.3 Å². The van der Waals surface area contributed by atoms with Gasteiger partial charge in [0.05, 0.1) is 0 Å². The van der Waals surface area contributed by atoms with Crippen LogP contribution in [0.15, 0.2) is 36.4 Å². The maximum atomic E-state index is 5.68. The summed E-state index contributed by atoms with van der Waals surface area (Å²) in [4.78, 5) is 8.29. The van der Waals surface area contributed by atoms with Crippen molar-refractivity contribution in [1.82, 2.24) is 9.97 Å². The lowest BCUT2D eigenvalue weighted by atomic mass is 10.1. The molecule has 0 aliphatic rings. The molecule has 0 bridgehead atoms. The maximum Gasteiger partial charge on any atom is 0.223 e. The van der Waals surface area contributed by atoms with Crippen molar-refractivity contribution >= 4 is 17.6 Å². The topological polar surface area (TPSA) is 75.9 Å². The van der Waals surface area contributed by atoms with Crippen molar-refractivity contribution < 1.29 is 0 Å². The Morgan fingerprint density at radius 3 is 2.45 bits per heavy atom. The van der Waals surface area contributed by atoms with Crippen molar-refractivity contribution in [2.45, 2.75) is 19.8 Å². The first-order valence-corrected chi connectivity index (χ1v) is 6.94. The monoisotopic (exact) mass is 271 g/mol. The van der Waals surface area contributed by atoms with Crippen molar-refractivity contribution in [3.05, 3.63) is 42.0 Å².